The Kier molecular flexibility index (Phi) is 59.1. The van der Waals surface area contributed by atoms with Crippen LogP contribution in [0.5, 0.6) is 0 Å². The van der Waals surface area contributed by atoms with E-state index in [9.17, 15) is 74.5 Å². The largest absolute Gasteiger partial charge is 0.471 e. The highest BCUT2D eigenvalue weighted by atomic mass is 31.2. The molecule has 3 aliphatic rings. The molecule has 0 bridgehead atoms. The van der Waals surface area contributed by atoms with E-state index in [0.29, 0.717) is 25.8 Å². The number of methoxy groups -OCH3 is 1. The van der Waals surface area contributed by atoms with Crippen LogP contribution in [0.2, 0.25) is 0 Å². The van der Waals surface area contributed by atoms with E-state index in [1.165, 1.54) is 7.11 Å². The van der Waals surface area contributed by atoms with Gasteiger partial charge in [-0.2, -0.15) is 0 Å². The van der Waals surface area contributed by atoms with Crippen molar-refractivity contribution in [3.63, 3.8) is 0 Å². The Morgan fingerprint density at radius 3 is 1.14 bits per heavy atom. The fraction of sp³-hybridized carbons (Fsp3) is 0.918. The van der Waals surface area contributed by atoms with Crippen molar-refractivity contribution in [1.82, 2.24) is 26.6 Å². The quantitative estimate of drug-likeness (QED) is 0.0147. The van der Waals surface area contributed by atoms with Crippen LogP contribution in [0.25, 0.3) is 0 Å². The van der Waals surface area contributed by atoms with E-state index in [-0.39, 0.29) is 141 Å². The predicted octanol–water partition coefficient (Wildman–Crippen LogP) is -1.19. The maximum Gasteiger partial charge on any atom is 0.471 e. The van der Waals surface area contributed by atoms with Crippen LogP contribution in [0.4, 0.5) is 0 Å². The highest BCUT2D eigenvalue weighted by molar-refractivity contribution is 7.47. The molecule has 17 N–H and O–H groups in total. The second kappa shape index (κ2) is 57.3. The average molecular weight is 1420 g/mol. The number of nitrogens with one attached hydrogen (secondary N) is 5. The normalized spacial score (nSPS) is 26.4. The molecule has 574 valence electrons. The summed E-state index contributed by atoms with van der Waals surface area (Å²) in [6, 6.07) is 0. The lowest BCUT2D eigenvalue weighted by atomic mass is 9.92. The smallest absolute Gasteiger partial charge is 0.394 e. The maximum atomic E-state index is 13.4. The van der Waals surface area contributed by atoms with Gasteiger partial charge in [-0.05, 0) is 38.6 Å². The lowest BCUT2D eigenvalue weighted by Gasteiger charge is -2.40. The molecule has 0 aromatic rings. The van der Waals surface area contributed by atoms with E-state index >= 15 is 0 Å². The molecule has 3 rings (SSSR count). The van der Waals surface area contributed by atoms with E-state index < -0.39 is 161 Å². The Morgan fingerprint density at radius 1 is 0.479 bits per heavy atom. The summed E-state index contributed by atoms with van der Waals surface area (Å²) in [5, 5.41) is 103. The van der Waals surface area contributed by atoms with Crippen molar-refractivity contribution in [2.75, 3.05) is 133 Å². The molecule has 96 heavy (non-hydrogen) atoms. The maximum absolute atomic E-state index is 13.4. The topological polar surface area (TPSA) is 502 Å². The van der Waals surface area contributed by atoms with E-state index in [0.717, 1.165) is 32.8 Å². The third-order valence-corrected chi connectivity index (χ3v) is 15.6. The minimum atomic E-state index is -3.75. The summed E-state index contributed by atoms with van der Waals surface area (Å²) < 4.78 is 76.0. The van der Waals surface area contributed by atoms with Crippen LogP contribution in [0.15, 0.2) is 0 Å². The van der Waals surface area contributed by atoms with Gasteiger partial charge in [0.25, 0.3) is 0 Å². The molecule has 5 amide bonds. The van der Waals surface area contributed by atoms with Gasteiger partial charge in [0, 0.05) is 70.9 Å². The molecule has 3 aliphatic heterocycles. The highest BCUT2D eigenvalue weighted by Crippen LogP contribution is 2.42. The van der Waals surface area contributed by atoms with Crippen LogP contribution in [-0.2, 0) is 85.0 Å². The van der Waals surface area contributed by atoms with Gasteiger partial charge in [-0.15, -0.1) is 0 Å². The van der Waals surface area contributed by atoms with Gasteiger partial charge in [0.05, 0.1) is 104 Å². The van der Waals surface area contributed by atoms with Gasteiger partial charge in [-0.3, -0.25) is 33.0 Å². The van der Waals surface area contributed by atoms with Crippen LogP contribution < -0.4 is 32.3 Å². The number of carbonyl (C=O) groups excluding carboxylic acids is 5. The van der Waals surface area contributed by atoms with Crippen molar-refractivity contribution in [3.05, 3.63) is 0 Å². The molecular formula is C61H127N6O28P. The minimum Gasteiger partial charge on any atom is -0.394 e. The number of phosphoric acid groups is 1. The third-order valence-electron chi connectivity index (χ3n) is 14.6. The number of ether oxygens (including phenoxy) is 10. The van der Waals surface area contributed by atoms with Crippen LogP contribution >= 0.6 is 7.82 Å². The summed E-state index contributed by atoms with van der Waals surface area (Å²) in [5.41, 5.74) is 3.76. The van der Waals surface area contributed by atoms with Gasteiger partial charge in [0.2, 0.25) is 29.5 Å². The minimum absolute atomic E-state index is 0. The second-order valence-corrected chi connectivity index (χ2v) is 23.6. The van der Waals surface area contributed by atoms with Crippen molar-refractivity contribution in [2.24, 2.45) is 23.5 Å². The number of phosphoric ester groups is 1. The van der Waals surface area contributed by atoms with Crippen LogP contribution in [0.1, 0.15) is 135 Å². The summed E-state index contributed by atoms with van der Waals surface area (Å²) in [4.78, 5) is 73.1. The molecule has 0 aliphatic carbocycles. The Morgan fingerprint density at radius 2 is 0.823 bits per heavy atom. The van der Waals surface area contributed by atoms with Crippen LogP contribution in [0, 0.1) is 17.8 Å². The van der Waals surface area contributed by atoms with Gasteiger partial charge in [0.15, 0.2) is 18.9 Å². The fourth-order valence-corrected chi connectivity index (χ4v) is 9.52. The van der Waals surface area contributed by atoms with Gasteiger partial charge in [-0.25, -0.2) is 4.57 Å². The first kappa shape index (κ1) is 99.0. The van der Waals surface area contributed by atoms with Gasteiger partial charge in [0.1, 0.15) is 55.3 Å². The molecule has 35 heteroatoms. The number of unbranched alkanes of at least 4 members (excludes halogenated alkanes) is 3. The molecule has 7 unspecified atom stereocenters. The number of aliphatic hydroxyl groups is 9. The Bertz CT molecular complexity index is 1870. The molecule has 3 heterocycles. The van der Waals surface area contributed by atoms with Crippen molar-refractivity contribution in [1.29, 1.82) is 0 Å². The first-order chi connectivity index (χ1) is 43.9. The monoisotopic (exact) mass is 1420 g/mol. The van der Waals surface area contributed by atoms with Crippen molar-refractivity contribution in [3.8, 4) is 0 Å². The predicted molar refractivity (Wildman–Crippen MR) is 352 cm³/mol. The number of hydrogen-bond donors (Lipinski definition) is 16. The highest BCUT2D eigenvalue weighted by Gasteiger charge is 2.45. The number of nitrogens with two attached hydrogens (primary N) is 1. The molecule has 0 spiro atoms. The number of hydrogen-bond acceptors (Lipinski definition) is 28. The molecule has 0 radical (unpaired) electrons. The summed E-state index contributed by atoms with van der Waals surface area (Å²) in [7, 11) is -1.26. The SMILES string of the molecule is C.C.C.C.CC.COCNC(=O)CC(=O)NC(COCCC(=O)NCCCO[C@@H]1OC(CO)[C@H](O)[C@H](O)C1C)(COCCC(=O)NCCCO[C@@H]1OC(CO)[C@H](O)[C@H](O)C1C)COCCC(=O)NCCCO[C@@H]1OC(CO)[C@H](O)[C@H](O)C1C.COP(=O)(O)OCCCCCCN. The fourth-order valence-electron chi connectivity index (χ4n) is 9.06. The van der Waals surface area contributed by atoms with Crippen LogP contribution in [0.3, 0.4) is 0 Å². The summed E-state index contributed by atoms with van der Waals surface area (Å²) in [5.74, 6) is -4.37. The summed E-state index contributed by atoms with van der Waals surface area (Å²) in [6.07, 6.45) is -9.28. The van der Waals surface area contributed by atoms with E-state index in [2.05, 4.69) is 35.6 Å². The van der Waals surface area contributed by atoms with Gasteiger partial charge in [-0.1, -0.05) is 77.2 Å². The molecule has 34 nitrogen and oxygen atoms in total. The van der Waals surface area contributed by atoms with Gasteiger partial charge < -0.3 is 131 Å². The summed E-state index contributed by atoms with van der Waals surface area (Å²) >= 11 is 0. The molecule has 3 saturated heterocycles. The number of amides is 5. The van der Waals surface area contributed by atoms with Crippen molar-refractivity contribution >= 4 is 37.4 Å². The third kappa shape index (κ3) is 39.6. The second-order valence-electron chi connectivity index (χ2n) is 22.1. The van der Waals surface area contributed by atoms with Gasteiger partial charge >= 0.3 is 7.82 Å². The van der Waals surface area contributed by atoms with E-state index in [1.54, 1.807) is 20.8 Å². The first-order valence-corrected chi connectivity index (χ1v) is 33.0. The standard InChI is InChI=1S/C48H87N5O24.C7H18NO4P.C2H6.4CH4/c1-28-39(62)42(65)31(21-54)75-45(28)72-14-5-11-49-34(57)8-17-69-24-48(53-38(61)20-37(60)52-27-68-4,25-70-18-9-35(58)50-12-6-15-73-46-29(2)40(63)43(66)32(22-55)76-46)26-71-19-10-36(59)51-13-7-16-74-47-30(3)41(64)44(67)33(23-56)77-47;1-11-13(9,10)12-7-5-3-2-4-6-8;1-2;;;;/h28-33,39-47,54-56,62-67H,5-27H2,1-4H3,(H,49,57)(H,50,58)(H,51,59)(H,52,60)(H,53,61);2-8H2,1H3,(H,9,10);1-2H3;4*1H4/t28?,29?,30?,31?,32?,33?,39-,40-,41-,42+,43+,44+,45-,46-,47-,48?;;;;;;/m1....../s1. The Labute approximate surface area is 568 Å². The zero-order valence-corrected chi connectivity index (χ0v) is 55.4. The Hall–Kier alpha value is -3.34. The summed E-state index contributed by atoms with van der Waals surface area (Å²) in [6.45, 7) is 7.62. The van der Waals surface area contributed by atoms with Crippen LogP contribution in [-0.4, -0.2) is 293 Å². The molecule has 0 aromatic carbocycles. The molecule has 3 fully saturated rings. The number of rotatable bonds is 46. The molecular weight excluding hydrogens is 1300 g/mol. The zero-order chi connectivity index (χ0) is 69.1. The molecule has 0 saturated carbocycles. The molecule has 16 atom stereocenters. The van der Waals surface area contributed by atoms with E-state index in [4.69, 9.17) is 58.0 Å². The Balaban J connectivity index is -0.00000198. The number of aliphatic hydroxyl groups excluding tert-OH is 9. The van der Waals surface area contributed by atoms with Crippen molar-refractivity contribution < 1.29 is 136 Å². The zero-order valence-electron chi connectivity index (χ0n) is 54.5. The van der Waals surface area contributed by atoms with E-state index in [1.807, 2.05) is 13.8 Å². The molecule has 0 aromatic heterocycles. The lowest BCUT2D eigenvalue weighted by Crippen LogP contribution is -2.59. The van der Waals surface area contributed by atoms with Crippen molar-refractivity contribution in [2.45, 2.75) is 214 Å². The lowest BCUT2D eigenvalue weighted by molar-refractivity contribution is -0.282. The average Bonchev–Trinajstić information content (AvgIpc) is 0.856. The number of carbonyl (C=O) groups is 5. The first-order valence-electron chi connectivity index (χ1n) is 31.5.